The topological polar surface area (TPSA) is 48.6 Å². The van der Waals surface area contributed by atoms with E-state index in [9.17, 15) is 0 Å². The summed E-state index contributed by atoms with van der Waals surface area (Å²) in [6, 6.07) is 0. The molecule has 0 fully saturated rings. The van der Waals surface area contributed by atoms with Crippen LogP contribution in [0.3, 0.4) is 0 Å². The van der Waals surface area contributed by atoms with Crippen LogP contribution in [0, 0.1) is 0 Å². The first-order chi connectivity index (χ1) is 1.00. The largest absolute Gasteiger partial charge is 0.0149 e. The Kier molecular flexibility index (Phi) is 62500. The van der Waals surface area contributed by atoms with Gasteiger partial charge in [-0.1, -0.05) is 0 Å². The van der Waals surface area contributed by atoms with Gasteiger partial charge in [0.15, 0.2) is 0 Å². The van der Waals surface area contributed by atoms with Crippen molar-refractivity contribution in [3.05, 3.63) is 0 Å². The number of rotatable bonds is 0. The summed E-state index contributed by atoms with van der Waals surface area (Å²) in [5, 5.41) is 0. The van der Waals surface area contributed by atoms with E-state index in [1.54, 1.807) is 0 Å². The Morgan fingerprint density at radius 1 is 1.25 bits per heavy atom. The monoisotopic (exact) mass is 77.0 g/mol. The zero-order chi connectivity index (χ0) is 2.00. The molecule has 0 saturated heterocycles. The quantitative estimate of drug-likeness (QED) is 0.288. The Morgan fingerprint density at radius 2 is 1.25 bits per heavy atom. The third kappa shape index (κ3) is 1270. The molecule has 0 spiro atoms. The van der Waals surface area contributed by atoms with Crippen molar-refractivity contribution in [3.63, 3.8) is 0 Å². The molecule has 2 N–H and O–H groups in total. The minimum atomic E-state index is 0. The van der Waals surface area contributed by atoms with Crippen molar-refractivity contribution < 1.29 is 10.2 Å². The van der Waals surface area contributed by atoms with Crippen LogP contribution < -0.4 is 0 Å². The Hall–Kier alpha value is 0.0418. The van der Waals surface area contributed by atoms with Gasteiger partial charge in [0.25, 0.3) is 0 Å². The third-order valence-corrected chi connectivity index (χ3v) is 0. The van der Waals surface area contributed by atoms with Gasteiger partial charge >= 0.3 is 12.4 Å². The molecule has 0 unspecified atom stereocenters. The van der Waals surface area contributed by atoms with Crippen molar-refractivity contribution in [2.24, 2.45) is 0 Å². The zero-order valence-corrected chi connectivity index (χ0v) is 1.49. The van der Waals surface area contributed by atoms with Crippen molar-refractivity contribution >= 4 is 18.7 Å². The molecule has 0 saturated carbocycles. The molecule has 0 aromatic carbocycles. The van der Waals surface area contributed by atoms with Gasteiger partial charge in [-0.15, -0.1) is 0 Å². The smallest absolute Gasteiger partial charge is 0.0149 e. The summed E-state index contributed by atoms with van der Waals surface area (Å²) in [4.78, 5) is 0. The Morgan fingerprint density at radius 3 is 1.25 bits per heavy atom. The van der Waals surface area contributed by atoms with Gasteiger partial charge in [0.05, 0.1) is 0 Å². The van der Waals surface area contributed by atoms with Crippen molar-refractivity contribution in [1.82, 2.24) is 0 Å². The molecule has 0 atom stereocenters. The third-order valence-electron chi connectivity index (χ3n) is 0. The summed E-state index contributed by atoms with van der Waals surface area (Å²) >= 11 is 0. The molecule has 1 radical (unpaired) electrons. The van der Waals surface area contributed by atoms with Crippen LogP contribution in [0.4, 0.5) is 0 Å². The van der Waals surface area contributed by atoms with E-state index in [0.717, 1.165) is 0 Å². The van der Waals surface area contributed by atoms with Gasteiger partial charge in [0, 0.05) is 0 Å². The average molecular weight is 76.9 g/mol. The maximum Gasteiger partial charge on any atom is -0.0149 e. The number of hydrogen-bond acceptors (Lipinski definition) is 1. The van der Waals surface area contributed by atoms with Crippen molar-refractivity contribution in [1.29, 1.82) is 0 Å². The second kappa shape index (κ2) is 7250. The van der Waals surface area contributed by atoms with Crippen LogP contribution in [-0.4, -0.2) is 24.2 Å². The fraction of sp³-hybridized carbons (Fsp3) is 0. The van der Waals surface area contributed by atoms with Gasteiger partial charge in [-0.05, 0) is 11.0 Å². The predicted molar refractivity (Wildman–Crippen MR) is 21.4 cm³/mol. The molecule has 25 valence electrons. The standard InChI is InChI=1S/BO.H2O.H4Si/c1-2;;/h;1H2;1H4. The first-order valence-corrected chi connectivity index (χ1v) is 0.236. The summed E-state index contributed by atoms with van der Waals surface area (Å²) in [5.74, 6) is 0. The van der Waals surface area contributed by atoms with E-state index in [4.69, 9.17) is 4.70 Å². The molecule has 0 aliphatic carbocycles. The predicted octanol–water partition coefficient (Wildman–Crippen LogP) is -2.78. The van der Waals surface area contributed by atoms with E-state index in [2.05, 4.69) is 7.72 Å². The van der Waals surface area contributed by atoms with Crippen LogP contribution in [0.15, 0.2) is 0 Å². The van der Waals surface area contributed by atoms with E-state index in [1.165, 1.54) is 0 Å². The maximum absolute atomic E-state index is 7.75. The van der Waals surface area contributed by atoms with Crippen LogP contribution in [0.5, 0.6) is 0 Å². The summed E-state index contributed by atoms with van der Waals surface area (Å²) in [6.07, 6.45) is 0. The molecular weight excluding hydrogens is 70.9 g/mol. The normalized spacial score (nSPS) is 0.750. The minimum Gasteiger partial charge on any atom is -0.0149 e. The van der Waals surface area contributed by atoms with Gasteiger partial charge in [-0.2, -0.15) is 0 Å². The molecule has 0 aliphatic rings. The van der Waals surface area contributed by atoms with Gasteiger partial charge in [-0.25, -0.2) is 0 Å². The average Bonchev–Trinajstić information content (AvgIpc) is 1.00. The Labute approximate surface area is 30.0 Å². The van der Waals surface area contributed by atoms with E-state index in [-0.39, 0.29) is 16.4 Å². The van der Waals surface area contributed by atoms with Crippen LogP contribution >= 0.6 is 0 Å². The Bertz CT molecular complexity index is 6.00. The molecule has 4 heavy (non-hydrogen) atoms. The van der Waals surface area contributed by atoms with Gasteiger partial charge < -0.3 is 5.48 Å². The second-order valence-electron chi connectivity index (χ2n) is 0. The van der Waals surface area contributed by atoms with Crippen LogP contribution in [-0.2, 0) is 4.70 Å². The fourth-order valence-corrected chi connectivity index (χ4v) is 0. The van der Waals surface area contributed by atoms with Crippen molar-refractivity contribution in [3.8, 4) is 0 Å². The first-order valence-electron chi connectivity index (χ1n) is 0.236. The molecule has 0 aliphatic heterocycles. The SMILES string of the molecule is O.[B]=O.[SiH4]. The molecule has 4 heteroatoms. The molecule has 0 aromatic rings. The fourth-order valence-electron chi connectivity index (χ4n) is 0. The van der Waals surface area contributed by atoms with Crippen LogP contribution in [0.2, 0.25) is 0 Å². The summed E-state index contributed by atoms with van der Waals surface area (Å²) in [6.45, 7) is 0. The molecule has 0 heterocycles. The zero-order valence-electron chi connectivity index (χ0n) is 1.49. The van der Waals surface area contributed by atoms with E-state index in [0.29, 0.717) is 0 Å². The summed E-state index contributed by atoms with van der Waals surface area (Å²) in [7, 11) is 3.25. The van der Waals surface area contributed by atoms with Crippen LogP contribution in [0.1, 0.15) is 0 Å². The van der Waals surface area contributed by atoms with Crippen molar-refractivity contribution in [2.45, 2.75) is 0 Å². The molecule has 0 rings (SSSR count). The number of hydrogen-bond donors (Lipinski definition) is 0. The van der Waals surface area contributed by atoms with Gasteiger partial charge in [0.2, 0.25) is 0 Å². The van der Waals surface area contributed by atoms with Crippen molar-refractivity contribution in [2.75, 3.05) is 0 Å². The summed E-state index contributed by atoms with van der Waals surface area (Å²) < 4.78 is 7.75. The molecule has 0 aromatic heterocycles. The van der Waals surface area contributed by atoms with Crippen LogP contribution in [0.25, 0.3) is 0 Å². The minimum absolute atomic E-state index is 0. The molecular formula is H6BO2Si. The first kappa shape index (κ1) is 34.5. The summed E-state index contributed by atoms with van der Waals surface area (Å²) in [5.41, 5.74) is 0. The van der Waals surface area contributed by atoms with Gasteiger partial charge in [-0.3, -0.25) is 0 Å². The van der Waals surface area contributed by atoms with E-state index >= 15 is 0 Å². The molecule has 0 amide bonds. The van der Waals surface area contributed by atoms with E-state index in [1.807, 2.05) is 0 Å². The molecule has 0 bridgehead atoms. The Balaban J connectivity index is -0.00000000500. The molecule has 2 nitrogen and oxygen atoms in total. The van der Waals surface area contributed by atoms with E-state index < -0.39 is 0 Å². The van der Waals surface area contributed by atoms with Gasteiger partial charge in [0.1, 0.15) is 0 Å². The second-order valence-corrected chi connectivity index (χ2v) is 0. The maximum atomic E-state index is 7.75.